The lowest BCUT2D eigenvalue weighted by atomic mass is 10.2. The van der Waals surface area contributed by atoms with E-state index in [2.05, 4.69) is 11.8 Å². The van der Waals surface area contributed by atoms with Crippen LogP contribution in [0.4, 0.5) is 0 Å². The number of nitrogens with one attached hydrogen (secondary N) is 1. The van der Waals surface area contributed by atoms with Gasteiger partial charge in [-0.2, -0.15) is 11.8 Å². The number of hydrogen-bond acceptors (Lipinski definition) is 6. The summed E-state index contributed by atoms with van der Waals surface area (Å²) in [5.74, 6) is 6.66. The number of carbonyl (C=O) groups excluding carboxylic acids is 1. The highest BCUT2D eigenvalue weighted by Gasteiger charge is 2.03. The Morgan fingerprint density at radius 2 is 2.38 bits per heavy atom. The van der Waals surface area contributed by atoms with Gasteiger partial charge in [-0.05, 0) is 18.2 Å². The molecule has 0 amide bonds. The smallest absolute Gasteiger partial charge is 0.327 e. The van der Waals surface area contributed by atoms with E-state index < -0.39 is 0 Å². The highest BCUT2D eigenvalue weighted by atomic mass is 32.2. The highest BCUT2D eigenvalue weighted by molar-refractivity contribution is 7.99. The average molecular weight is 207 g/mol. The molecule has 13 heavy (non-hydrogen) atoms. The Morgan fingerprint density at radius 1 is 1.69 bits per heavy atom. The van der Waals surface area contributed by atoms with Crippen LogP contribution in [0, 0.1) is 5.92 Å². The molecule has 0 rings (SSSR count). The summed E-state index contributed by atoms with van der Waals surface area (Å²) < 4.78 is 0. The van der Waals surface area contributed by atoms with E-state index in [4.69, 9.17) is 11.6 Å². The molecular formula is C7H17N3O2S. The SMILES string of the molecule is CC(CN)CSCCC(=O)ONN. The van der Waals surface area contributed by atoms with Crippen LogP contribution in [0.1, 0.15) is 13.3 Å². The van der Waals surface area contributed by atoms with E-state index >= 15 is 0 Å². The summed E-state index contributed by atoms with van der Waals surface area (Å²) in [6, 6.07) is 0. The Morgan fingerprint density at radius 3 is 2.92 bits per heavy atom. The van der Waals surface area contributed by atoms with Crippen LogP contribution in [0.25, 0.3) is 0 Å². The molecule has 0 radical (unpaired) electrons. The second-order valence-corrected chi connectivity index (χ2v) is 3.91. The normalized spacial score (nSPS) is 12.5. The van der Waals surface area contributed by atoms with Gasteiger partial charge in [0, 0.05) is 5.75 Å². The summed E-state index contributed by atoms with van der Waals surface area (Å²) in [7, 11) is 0. The van der Waals surface area contributed by atoms with E-state index in [9.17, 15) is 4.79 Å². The molecule has 0 aromatic carbocycles. The summed E-state index contributed by atoms with van der Waals surface area (Å²) in [4.78, 5) is 15.1. The molecule has 0 aliphatic rings. The van der Waals surface area contributed by atoms with Crippen molar-refractivity contribution in [2.75, 3.05) is 18.1 Å². The van der Waals surface area contributed by atoms with E-state index in [1.165, 1.54) is 0 Å². The van der Waals surface area contributed by atoms with Gasteiger partial charge in [-0.3, -0.25) is 4.79 Å². The summed E-state index contributed by atoms with van der Waals surface area (Å²) in [6.07, 6.45) is 0.367. The minimum absolute atomic E-state index is 0.338. The maximum atomic E-state index is 10.8. The molecule has 5 nitrogen and oxygen atoms in total. The fourth-order valence-electron chi connectivity index (χ4n) is 0.625. The van der Waals surface area contributed by atoms with E-state index in [-0.39, 0.29) is 5.97 Å². The third-order valence-corrected chi connectivity index (χ3v) is 2.73. The number of hydrogen-bond donors (Lipinski definition) is 3. The fourth-order valence-corrected chi connectivity index (χ4v) is 1.64. The van der Waals surface area contributed by atoms with E-state index in [1.54, 1.807) is 11.8 Å². The lowest BCUT2D eigenvalue weighted by Gasteiger charge is -2.06. The van der Waals surface area contributed by atoms with Gasteiger partial charge in [-0.15, -0.1) is 0 Å². The summed E-state index contributed by atoms with van der Waals surface area (Å²) in [5.41, 5.74) is 7.28. The summed E-state index contributed by atoms with van der Waals surface area (Å²) in [6.45, 7) is 2.76. The van der Waals surface area contributed by atoms with Crippen LogP contribution in [0.15, 0.2) is 0 Å². The van der Waals surface area contributed by atoms with Crippen LogP contribution in [0.3, 0.4) is 0 Å². The second-order valence-electron chi connectivity index (χ2n) is 2.76. The van der Waals surface area contributed by atoms with Gasteiger partial charge in [-0.1, -0.05) is 12.5 Å². The number of nitrogens with two attached hydrogens (primary N) is 2. The Balaban J connectivity index is 3.20. The van der Waals surface area contributed by atoms with Crippen molar-refractivity contribution in [2.24, 2.45) is 17.5 Å². The van der Waals surface area contributed by atoms with Crippen LogP contribution < -0.4 is 17.2 Å². The molecule has 0 saturated carbocycles. The summed E-state index contributed by atoms with van der Waals surface area (Å²) >= 11 is 1.69. The molecule has 0 fully saturated rings. The van der Waals surface area contributed by atoms with E-state index in [0.29, 0.717) is 18.9 Å². The maximum absolute atomic E-state index is 10.8. The van der Waals surface area contributed by atoms with E-state index in [0.717, 1.165) is 11.5 Å². The molecule has 0 saturated heterocycles. The van der Waals surface area contributed by atoms with Crippen molar-refractivity contribution in [3.05, 3.63) is 0 Å². The number of rotatable bonds is 7. The molecule has 78 valence electrons. The van der Waals surface area contributed by atoms with Crippen molar-refractivity contribution in [2.45, 2.75) is 13.3 Å². The molecule has 0 heterocycles. The van der Waals surface area contributed by atoms with Gasteiger partial charge in [0.05, 0.1) is 6.42 Å². The molecular weight excluding hydrogens is 190 g/mol. The van der Waals surface area contributed by atoms with Crippen molar-refractivity contribution in [3.8, 4) is 0 Å². The van der Waals surface area contributed by atoms with Crippen molar-refractivity contribution in [1.82, 2.24) is 5.59 Å². The molecule has 1 unspecified atom stereocenters. The lowest BCUT2D eigenvalue weighted by Crippen LogP contribution is -2.26. The average Bonchev–Trinajstić information content (AvgIpc) is 2.12. The van der Waals surface area contributed by atoms with Crippen LogP contribution in [0.2, 0.25) is 0 Å². The fraction of sp³-hybridized carbons (Fsp3) is 0.857. The van der Waals surface area contributed by atoms with Crippen LogP contribution in [-0.4, -0.2) is 24.0 Å². The third-order valence-electron chi connectivity index (χ3n) is 1.43. The Hall–Kier alpha value is -0.300. The van der Waals surface area contributed by atoms with Gasteiger partial charge in [0.15, 0.2) is 0 Å². The number of carbonyl (C=O) groups is 1. The first-order valence-electron chi connectivity index (χ1n) is 4.13. The van der Waals surface area contributed by atoms with Crippen LogP contribution >= 0.6 is 11.8 Å². The first-order valence-corrected chi connectivity index (χ1v) is 5.29. The molecule has 5 N–H and O–H groups in total. The zero-order chi connectivity index (χ0) is 10.1. The first-order chi connectivity index (χ1) is 6.20. The predicted octanol–water partition coefficient (Wildman–Crippen LogP) is -0.374. The van der Waals surface area contributed by atoms with Crippen molar-refractivity contribution >= 4 is 17.7 Å². The zero-order valence-corrected chi connectivity index (χ0v) is 8.60. The number of thioether (sulfide) groups is 1. The van der Waals surface area contributed by atoms with Gasteiger partial charge in [0.1, 0.15) is 0 Å². The predicted molar refractivity (Wildman–Crippen MR) is 53.6 cm³/mol. The van der Waals surface area contributed by atoms with Gasteiger partial charge in [-0.25, -0.2) is 5.84 Å². The monoisotopic (exact) mass is 207 g/mol. The molecule has 0 spiro atoms. The standard InChI is InChI=1S/C7H17N3O2S/c1-6(4-8)5-13-3-2-7(11)12-10-9/h6,10H,2-5,8-9H2,1H3. The minimum Gasteiger partial charge on any atom is -0.356 e. The quantitative estimate of drug-likeness (QED) is 0.300. The van der Waals surface area contributed by atoms with Crippen LogP contribution in [0.5, 0.6) is 0 Å². The van der Waals surface area contributed by atoms with Crippen molar-refractivity contribution in [3.63, 3.8) is 0 Å². The molecule has 6 heteroatoms. The molecule has 1 atom stereocenters. The van der Waals surface area contributed by atoms with Gasteiger partial charge >= 0.3 is 5.97 Å². The van der Waals surface area contributed by atoms with Gasteiger partial charge < -0.3 is 10.6 Å². The summed E-state index contributed by atoms with van der Waals surface area (Å²) in [5, 5.41) is 0. The van der Waals surface area contributed by atoms with Gasteiger partial charge in [0.25, 0.3) is 0 Å². The molecule has 0 aliphatic heterocycles. The zero-order valence-electron chi connectivity index (χ0n) is 7.79. The molecule has 0 aromatic heterocycles. The van der Waals surface area contributed by atoms with Crippen molar-refractivity contribution in [1.29, 1.82) is 0 Å². The Kier molecular flexibility index (Phi) is 8.11. The lowest BCUT2D eigenvalue weighted by molar-refractivity contribution is -0.150. The first kappa shape index (κ1) is 12.7. The molecule has 0 aromatic rings. The highest BCUT2D eigenvalue weighted by Crippen LogP contribution is 2.08. The molecule has 0 bridgehead atoms. The van der Waals surface area contributed by atoms with Crippen molar-refractivity contribution < 1.29 is 9.63 Å². The topological polar surface area (TPSA) is 90.4 Å². The molecule has 0 aliphatic carbocycles. The van der Waals surface area contributed by atoms with Gasteiger partial charge in [0.2, 0.25) is 0 Å². The number of hydrazine groups is 1. The second kappa shape index (κ2) is 8.31. The minimum atomic E-state index is -0.338. The largest absolute Gasteiger partial charge is 0.356 e. The van der Waals surface area contributed by atoms with Crippen LogP contribution in [-0.2, 0) is 9.63 Å². The Bertz CT molecular complexity index is 146. The Labute approximate surface area is 82.5 Å². The van der Waals surface area contributed by atoms with E-state index in [1.807, 2.05) is 5.59 Å². The maximum Gasteiger partial charge on any atom is 0.327 e. The third kappa shape index (κ3) is 8.04.